The molecule has 3 rings (SSSR count). The van der Waals surface area contributed by atoms with Crippen LogP contribution in [0.5, 0.6) is 0 Å². The van der Waals surface area contributed by atoms with Gasteiger partial charge in [-0.3, -0.25) is 19.9 Å². The number of carbonyl (C=O) groups is 2. The van der Waals surface area contributed by atoms with Gasteiger partial charge in [-0.05, 0) is 56.9 Å². The third-order valence-corrected chi connectivity index (χ3v) is 5.57. The van der Waals surface area contributed by atoms with E-state index in [1.165, 1.54) is 29.2 Å². The molecule has 2 atom stereocenters. The largest absolute Gasteiger partial charge is 0.479 e. The molecule has 0 bridgehead atoms. The van der Waals surface area contributed by atoms with Crippen LogP contribution in [0.1, 0.15) is 44.7 Å². The number of nitro groups is 1. The molecule has 0 aromatic heterocycles. The summed E-state index contributed by atoms with van der Waals surface area (Å²) in [7, 11) is 0. The van der Waals surface area contributed by atoms with Gasteiger partial charge in [0, 0.05) is 18.7 Å². The quantitative estimate of drug-likeness (QED) is 0.458. The van der Waals surface area contributed by atoms with Gasteiger partial charge in [0.25, 0.3) is 5.69 Å². The maximum atomic E-state index is 13.2. The fraction of sp³-hybridized carbons (Fsp3) is 0.417. The van der Waals surface area contributed by atoms with Crippen molar-refractivity contribution in [3.05, 3.63) is 75.8 Å². The van der Waals surface area contributed by atoms with E-state index < -0.39 is 28.1 Å². The van der Waals surface area contributed by atoms with Crippen LogP contribution in [0.4, 0.5) is 10.5 Å². The second-order valence-corrected chi connectivity index (χ2v) is 9.19. The van der Waals surface area contributed by atoms with E-state index in [1.807, 2.05) is 30.3 Å². The SMILES string of the molecule is CC(C)(C)OC(=O)N1C[C@H](NOCc2ccccc2)CC[C@@]1(C(=O)O)c1ccc([N+](=O)[O-])cc1. The first-order chi connectivity index (χ1) is 16.0. The van der Waals surface area contributed by atoms with Gasteiger partial charge in [0.2, 0.25) is 0 Å². The van der Waals surface area contributed by atoms with Crippen molar-refractivity contribution in [2.45, 2.75) is 57.4 Å². The van der Waals surface area contributed by atoms with Crippen LogP contribution in [-0.4, -0.2) is 45.2 Å². The molecular weight excluding hydrogens is 442 g/mol. The summed E-state index contributed by atoms with van der Waals surface area (Å²) in [6.07, 6.45) is -0.342. The summed E-state index contributed by atoms with van der Waals surface area (Å²) in [5, 5.41) is 21.4. The molecule has 0 saturated carbocycles. The van der Waals surface area contributed by atoms with Crippen LogP contribution in [0, 0.1) is 10.1 Å². The van der Waals surface area contributed by atoms with Gasteiger partial charge in [0.15, 0.2) is 5.54 Å². The highest BCUT2D eigenvalue weighted by atomic mass is 16.6. The average molecular weight is 472 g/mol. The van der Waals surface area contributed by atoms with E-state index in [4.69, 9.17) is 9.57 Å². The summed E-state index contributed by atoms with van der Waals surface area (Å²) in [4.78, 5) is 43.1. The van der Waals surface area contributed by atoms with E-state index >= 15 is 0 Å². The number of hydroxylamine groups is 1. The van der Waals surface area contributed by atoms with Crippen LogP contribution in [0.15, 0.2) is 54.6 Å². The zero-order chi connectivity index (χ0) is 24.9. The molecule has 0 aliphatic carbocycles. The first-order valence-corrected chi connectivity index (χ1v) is 10.9. The molecule has 34 heavy (non-hydrogen) atoms. The standard InChI is InChI=1S/C24H29N3O7/c1-23(2,3)34-22(30)26-15-19(25-33-16-17-7-5-4-6-8-17)13-14-24(26,21(28)29)18-9-11-20(12-10-18)27(31)32/h4-12,19,25H,13-16H2,1-3H3,(H,28,29)/t19-,24+/m1/s1. The molecule has 10 heteroatoms. The third-order valence-electron chi connectivity index (χ3n) is 5.57. The second kappa shape index (κ2) is 10.2. The van der Waals surface area contributed by atoms with Crippen LogP contribution in [-0.2, 0) is 26.5 Å². The lowest BCUT2D eigenvalue weighted by Crippen LogP contribution is -2.62. The van der Waals surface area contributed by atoms with E-state index in [-0.39, 0.29) is 30.3 Å². The number of hydrogen-bond donors (Lipinski definition) is 2. The number of benzene rings is 2. The first kappa shape index (κ1) is 25.1. The molecule has 1 amide bonds. The van der Waals surface area contributed by atoms with Gasteiger partial charge in [-0.1, -0.05) is 30.3 Å². The third kappa shape index (κ3) is 5.70. The summed E-state index contributed by atoms with van der Waals surface area (Å²) >= 11 is 0. The Morgan fingerprint density at radius 2 is 1.82 bits per heavy atom. The maximum Gasteiger partial charge on any atom is 0.411 e. The smallest absolute Gasteiger partial charge is 0.411 e. The number of nitro benzene ring substituents is 1. The molecule has 1 aliphatic rings. The van der Waals surface area contributed by atoms with E-state index in [0.717, 1.165) is 5.56 Å². The normalized spacial score (nSPS) is 20.6. The minimum absolute atomic E-state index is 0.00694. The Morgan fingerprint density at radius 3 is 2.38 bits per heavy atom. The van der Waals surface area contributed by atoms with Crippen molar-refractivity contribution >= 4 is 17.7 Å². The summed E-state index contributed by atoms with van der Waals surface area (Å²) in [5.74, 6) is -1.24. The van der Waals surface area contributed by atoms with Crippen LogP contribution < -0.4 is 5.48 Å². The lowest BCUT2D eigenvalue weighted by Gasteiger charge is -2.46. The van der Waals surface area contributed by atoms with E-state index in [2.05, 4.69) is 5.48 Å². The first-order valence-electron chi connectivity index (χ1n) is 10.9. The number of carboxylic acid groups (broad SMARTS) is 1. The van der Waals surface area contributed by atoms with Crippen LogP contribution >= 0.6 is 0 Å². The van der Waals surface area contributed by atoms with Crippen molar-refractivity contribution in [2.24, 2.45) is 0 Å². The number of amides is 1. The average Bonchev–Trinajstić information content (AvgIpc) is 2.78. The number of carboxylic acids is 1. The number of rotatable bonds is 7. The molecule has 1 fully saturated rings. The summed E-state index contributed by atoms with van der Waals surface area (Å²) < 4.78 is 5.54. The van der Waals surface area contributed by atoms with Gasteiger partial charge in [-0.2, -0.15) is 5.48 Å². The molecule has 1 aliphatic heterocycles. The molecule has 0 radical (unpaired) electrons. The number of nitrogens with zero attached hydrogens (tertiary/aromatic N) is 2. The number of likely N-dealkylation sites (tertiary alicyclic amines) is 1. The summed E-state index contributed by atoms with van der Waals surface area (Å²) in [5.41, 5.74) is 1.41. The Bertz CT molecular complexity index is 1020. The Labute approximate surface area is 197 Å². The minimum atomic E-state index is -1.74. The summed E-state index contributed by atoms with van der Waals surface area (Å²) in [6, 6.07) is 14.4. The molecule has 2 aromatic carbocycles. The lowest BCUT2D eigenvalue weighted by molar-refractivity contribution is -0.384. The van der Waals surface area contributed by atoms with Crippen molar-refractivity contribution < 1.29 is 29.2 Å². The molecule has 0 spiro atoms. The molecule has 2 aromatic rings. The van der Waals surface area contributed by atoms with Crippen LogP contribution in [0.2, 0.25) is 0 Å². The van der Waals surface area contributed by atoms with Crippen molar-refractivity contribution in [1.82, 2.24) is 10.4 Å². The van der Waals surface area contributed by atoms with Gasteiger partial charge in [0.1, 0.15) is 5.60 Å². The fourth-order valence-electron chi connectivity index (χ4n) is 3.95. The Hall–Kier alpha value is -3.50. The monoisotopic (exact) mass is 471 g/mol. The topological polar surface area (TPSA) is 131 Å². The molecule has 1 heterocycles. The Morgan fingerprint density at radius 1 is 1.18 bits per heavy atom. The molecule has 2 N–H and O–H groups in total. The van der Waals surface area contributed by atoms with Crippen molar-refractivity contribution in [3.8, 4) is 0 Å². The highest BCUT2D eigenvalue weighted by Crippen LogP contribution is 2.40. The number of ether oxygens (including phenoxy) is 1. The van der Waals surface area contributed by atoms with E-state index in [9.17, 15) is 24.8 Å². The number of hydrogen-bond acceptors (Lipinski definition) is 7. The predicted molar refractivity (Wildman–Crippen MR) is 123 cm³/mol. The molecular formula is C24H29N3O7. The number of nitrogens with one attached hydrogen (secondary N) is 1. The number of aliphatic carboxylic acids is 1. The summed E-state index contributed by atoms with van der Waals surface area (Å²) in [6.45, 7) is 5.40. The second-order valence-electron chi connectivity index (χ2n) is 9.19. The number of piperidine rings is 1. The van der Waals surface area contributed by atoms with Crippen molar-refractivity contribution in [2.75, 3.05) is 6.54 Å². The van der Waals surface area contributed by atoms with Gasteiger partial charge >= 0.3 is 12.1 Å². The Kier molecular flexibility index (Phi) is 7.53. The maximum absolute atomic E-state index is 13.2. The van der Waals surface area contributed by atoms with E-state index in [1.54, 1.807) is 20.8 Å². The lowest BCUT2D eigenvalue weighted by atomic mass is 9.79. The molecule has 182 valence electrons. The van der Waals surface area contributed by atoms with Crippen LogP contribution in [0.3, 0.4) is 0 Å². The predicted octanol–water partition coefficient (Wildman–Crippen LogP) is 4.00. The Balaban J connectivity index is 1.87. The number of carbonyl (C=O) groups excluding carboxylic acids is 1. The van der Waals surface area contributed by atoms with Gasteiger partial charge in [0.05, 0.1) is 17.6 Å². The van der Waals surface area contributed by atoms with E-state index in [0.29, 0.717) is 13.0 Å². The molecule has 1 saturated heterocycles. The van der Waals surface area contributed by atoms with Crippen molar-refractivity contribution in [1.29, 1.82) is 0 Å². The zero-order valence-electron chi connectivity index (χ0n) is 19.4. The molecule has 10 nitrogen and oxygen atoms in total. The van der Waals surface area contributed by atoms with Gasteiger partial charge < -0.3 is 9.84 Å². The van der Waals surface area contributed by atoms with Gasteiger partial charge in [-0.25, -0.2) is 9.59 Å². The fourth-order valence-corrected chi connectivity index (χ4v) is 3.95. The zero-order valence-corrected chi connectivity index (χ0v) is 19.4. The highest BCUT2D eigenvalue weighted by Gasteiger charge is 2.53. The highest BCUT2D eigenvalue weighted by molar-refractivity contribution is 5.86. The van der Waals surface area contributed by atoms with Gasteiger partial charge in [-0.15, -0.1) is 0 Å². The van der Waals surface area contributed by atoms with Crippen LogP contribution in [0.25, 0.3) is 0 Å². The van der Waals surface area contributed by atoms with Crippen molar-refractivity contribution in [3.63, 3.8) is 0 Å². The molecule has 0 unspecified atom stereocenters. The number of non-ortho nitro benzene ring substituents is 1. The minimum Gasteiger partial charge on any atom is -0.479 e.